The summed E-state index contributed by atoms with van der Waals surface area (Å²) < 4.78 is 5.66. The van der Waals surface area contributed by atoms with Crippen molar-refractivity contribution in [3.63, 3.8) is 0 Å². The van der Waals surface area contributed by atoms with Crippen LogP contribution in [0.25, 0.3) is 0 Å². The first kappa shape index (κ1) is 14.9. The average Bonchev–Trinajstić information content (AvgIpc) is 2.86. The van der Waals surface area contributed by atoms with Crippen molar-refractivity contribution in [2.24, 2.45) is 11.8 Å². The monoisotopic (exact) mass is 276 g/mol. The molecule has 0 unspecified atom stereocenters. The van der Waals surface area contributed by atoms with E-state index in [0.717, 1.165) is 18.8 Å². The summed E-state index contributed by atoms with van der Waals surface area (Å²) in [6, 6.07) is 7.96. The van der Waals surface area contributed by atoms with Crippen LogP contribution in [0.4, 0.5) is 0 Å². The van der Waals surface area contributed by atoms with E-state index in [4.69, 9.17) is 4.74 Å². The molecule has 0 saturated carbocycles. The van der Waals surface area contributed by atoms with Crippen molar-refractivity contribution in [2.45, 2.75) is 13.8 Å². The van der Waals surface area contributed by atoms with Gasteiger partial charge in [0.2, 0.25) is 5.91 Å². The molecule has 1 fully saturated rings. The van der Waals surface area contributed by atoms with Gasteiger partial charge in [-0.25, -0.2) is 0 Å². The topological polar surface area (TPSA) is 41.6 Å². The number of likely N-dealkylation sites (N-methyl/N-ethyl adjacent to an activating group) is 1. The Morgan fingerprint density at radius 1 is 1.35 bits per heavy atom. The van der Waals surface area contributed by atoms with Gasteiger partial charge in [-0.15, -0.1) is 0 Å². The molecule has 0 radical (unpaired) electrons. The third-order valence-corrected chi connectivity index (χ3v) is 3.93. The highest BCUT2D eigenvalue weighted by Gasteiger charge is 2.31. The Labute approximate surface area is 121 Å². The minimum Gasteiger partial charge on any atom is -0.492 e. The minimum atomic E-state index is 0.111. The first-order valence-electron chi connectivity index (χ1n) is 7.23. The van der Waals surface area contributed by atoms with Gasteiger partial charge in [0.05, 0.1) is 12.5 Å². The molecule has 0 bridgehead atoms. The number of aryl methyl sites for hydroxylation is 1. The second-order valence-electron chi connectivity index (χ2n) is 5.66. The molecule has 0 aliphatic carbocycles. The number of carbonyl (C=O) groups is 1. The zero-order valence-electron chi connectivity index (χ0n) is 12.6. The summed E-state index contributed by atoms with van der Waals surface area (Å²) in [5.41, 5.74) is 1.22. The fraction of sp³-hybridized carbons (Fsp3) is 0.562. The molecule has 1 saturated heterocycles. The molecule has 4 nitrogen and oxygen atoms in total. The van der Waals surface area contributed by atoms with Gasteiger partial charge in [-0.05, 0) is 31.5 Å². The van der Waals surface area contributed by atoms with Crippen LogP contribution in [0, 0.1) is 18.8 Å². The van der Waals surface area contributed by atoms with E-state index in [-0.39, 0.29) is 11.8 Å². The quantitative estimate of drug-likeness (QED) is 0.890. The molecule has 20 heavy (non-hydrogen) atoms. The molecule has 1 amide bonds. The number of hydrogen-bond acceptors (Lipinski definition) is 3. The highest BCUT2D eigenvalue weighted by atomic mass is 16.5. The molecule has 2 atom stereocenters. The van der Waals surface area contributed by atoms with Crippen molar-refractivity contribution in [3.8, 4) is 5.75 Å². The van der Waals surface area contributed by atoms with Crippen LogP contribution >= 0.6 is 0 Å². The van der Waals surface area contributed by atoms with E-state index in [1.165, 1.54) is 5.56 Å². The zero-order valence-corrected chi connectivity index (χ0v) is 12.6. The third-order valence-electron chi connectivity index (χ3n) is 3.93. The summed E-state index contributed by atoms with van der Waals surface area (Å²) >= 11 is 0. The van der Waals surface area contributed by atoms with Gasteiger partial charge in [0, 0.05) is 13.6 Å². The molecule has 4 heteroatoms. The van der Waals surface area contributed by atoms with Gasteiger partial charge in [-0.1, -0.05) is 24.6 Å². The predicted molar refractivity (Wildman–Crippen MR) is 79.8 cm³/mol. The Kier molecular flexibility index (Phi) is 5.01. The van der Waals surface area contributed by atoms with Gasteiger partial charge >= 0.3 is 0 Å². The predicted octanol–water partition coefficient (Wildman–Crippen LogP) is 1.69. The number of carbonyl (C=O) groups excluding carboxylic acids is 1. The van der Waals surface area contributed by atoms with Crippen molar-refractivity contribution in [1.29, 1.82) is 0 Å². The van der Waals surface area contributed by atoms with Gasteiger partial charge < -0.3 is 15.0 Å². The molecular formula is C16H24N2O2. The summed E-state index contributed by atoms with van der Waals surface area (Å²) in [6.45, 7) is 7.05. The zero-order chi connectivity index (χ0) is 14.5. The van der Waals surface area contributed by atoms with E-state index in [1.807, 2.05) is 38.2 Å². The molecule has 1 heterocycles. The van der Waals surface area contributed by atoms with E-state index < -0.39 is 0 Å². The number of hydrogen-bond donors (Lipinski definition) is 1. The number of benzene rings is 1. The molecule has 1 aromatic carbocycles. The van der Waals surface area contributed by atoms with E-state index in [0.29, 0.717) is 19.1 Å². The number of nitrogens with zero attached hydrogens (tertiary/aromatic N) is 1. The van der Waals surface area contributed by atoms with Crippen molar-refractivity contribution in [1.82, 2.24) is 10.2 Å². The normalized spacial score (nSPS) is 21.8. The fourth-order valence-corrected chi connectivity index (χ4v) is 2.47. The lowest BCUT2D eigenvalue weighted by atomic mass is 9.97. The maximum atomic E-state index is 12.3. The molecular weight excluding hydrogens is 252 g/mol. The highest BCUT2D eigenvalue weighted by Crippen LogP contribution is 2.18. The maximum absolute atomic E-state index is 12.3. The summed E-state index contributed by atoms with van der Waals surface area (Å²) in [5.74, 6) is 1.60. The molecule has 1 aliphatic rings. The standard InChI is InChI=1S/C16H24N2O2/c1-12-4-6-14(7-5-12)20-9-8-18(3)16(19)15-11-17-10-13(15)2/h4-7,13,15,17H,8-11H2,1-3H3/t13-,15-/m1/s1. The van der Waals surface area contributed by atoms with Crippen LogP contribution in [-0.4, -0.2) is 44.1 Å². The summed E-state index contributed by atoms with van der Waals surface area (Å²) in [7, 11) is 1.85. The van der Waals surface area contributed by atoms with E-state index in [9.17, 15) is 4.79 Å². The molecule has 2 rings (SSSR count). The lowest BCUT2D eigenvalue weighted by Gasteiger charge is -2.23. The van der Waals surface area contributed by atoms with Gasteiger partial charge in [0.15, 0.2) is 0 Å². The number of amides is 1. The van der Waals surface area contributed by atoms with E-state index in [1.54, 1.807) is 4.90 Å². The van der Waals surface area contributed by atoms with Crippen LogP contribution in [0.1, 0.15) is 12.5 Å². The van der Waals surface area contributed by atoms with E-state index in [2.05, 4.69) is 12.2 Å². The van der Waals surface area contributed by atoms with Crippen LogP contribution in [0.5, 0.6) is 5.75 Å². The Morgan fingerprint density at radius 3 is 2.65 bits per heavy atom. The number of rotatable bonds is 5. The molecule has 1 aromatic rings. The molecule has 0 spiro atoms. The Hall–Kier alpha value is -1.55. The SMILES string of the molecule is Cc1ccc(OCCN(C)C(=O)[C@@H]2CNC[C@H]2C)cc1. The largest absolute Gasteiger partial charge is 0.492 e. The van der Waals surface area contributed by atoms with Crippen LogP contribution in [-0.2, 0) is 4.79 Å². The van der Waals surface area contributed by atoms with Crippen molar-refractivity contribution < 1.29 is 9.53 Å². The lowest BCUT2D eigenvalue weighted by Crippen LogP contribution is -2.38. The average molecular weight is 276 g/mol. The fourth-order valence-electron chi connectivity index (χ4n) is 2.47. The first-order valence-corrected chi connectivity index (χ1v) is 7.23. The second kappa shape index (κ2) is 6.75. The van der Waals surface area contributed by atoms with Gasteiger partial charge in [0.1, 0.15) is 12.4 Å². The second-order valence-corrected chi connectivity index (χ2v) is 5.66. The van der Waals surface area contributed by atoms with Crippen molar-refractivity contribution in [3.05, 3.63) is 29.8 Å². The Bertz CT molecular complexity index is 444. The number of nitrogens with one attached hydrogen (secondary N) is 1. The highest BCUT2D eigenvalue weighted by molar-refractivity contribution is 5.79. The summed E-state index contributed by atoms with van der Waals surface area (Å²) in [6.07, 6.45) is 0. The van der Waals surface area contributed by atoms with Crippen molar-refractivity contribution >= 4 is 5.91 Å². The van der Waals surface area contributed by atoms with Crippen LogP contribution < -0.4 is 10.1 Å². The summed E-state index contributed by atoms with van der Waals surface area (Å²) in [4.78, 5) is 14.1. The smallest absolute Gasteiger partial charge is 0.227 e. The Morgan fingerprint density at radius 2 is 2.05 bits per heavy atom. The molecule has 1 aliphatic heterocycles. The third kappa shape index (κ3) is 3.73. The van der Waals surface area contributed by atoms with Crippen LogP contribution in [0.2, 0.25) is 0 Å². The first-order chi connectivity index (χ1) is 9.58. The van der Waals surface area contributed by atoms with Crippen molar-refractivity contribution in [2.75, 3.05) is 33.3 Å². The van der Waals surface area contributed by atoms with Gasteiger partial charge in [-0.2, -0.15) is 0 Å². The van der Waals surface area contributed by atoms with Crippen LogP contribution in [0.15, 0.2) is 24.3 Å². The Balaban J connectivity index is 1.75. The maximum Gasteiger partial charge on any atom is 0.227 e. The lowest BCUT2D eigenvalue weighted by molar-refractivity contribution is -0.134. The van der Waals surface area contributed by atoms with Gasteiger partial charge in [-0.3, -0.25) is 4.79 Å². The summed E-state index contributed by atoms with van der Waals surface area (Å²) in [5, 5.41) is 3.27. The molecule has 0 aromatic heterocycles. The molecule has 1 N–H and O–H groups in total. The minimum absolute atomic E-state index is 0.111. The van der Waals surface area contributed by atoms with E-state index >= 15 is 0 Å². The van der Waals surface area contributed by atoms with Gasteiger partial charge in [0.25, 0.3) is 0 Å². The number of ether oxygens (including phenoxy) is 1. The van der Waals surface area contributed by atoms with Crippen LogP contribution in [0.3, 0.4) is 0 Å². The molecule has 110 valence electrons.